The van der Waals surface area contributed by atoms with Gasteiger partial charge >= 0.3 is 5.97 Å². The SMILES string of the molecule is Cc1nc2c(c(C(=O)O)c1N)CN(C)CC2. The number of rotatable bonds is 1. The van der Waals surface area contributed by atoms with Crippen molar-refractivity contribution in [3.8, 4) is 0 Å². The molecule has 1 aliphatic rings. The summed E-state index contributed by atoms with van der Waals surface area (Å²) < 4.78 is 0. The van der Waals surface area contributed by atoms with Crippen LogP contribution in [0.1, 0.15) is 27.3 Å². The summed E-state index contributed by atoms with van der Waals surface area (Å²) in [5.41, 5.74) is 8.57. The van der Waals surface area contributed by atoms with Gasteiger partial charge in [0.2, 0.25) is 0 Å². The molecule has 16 heavy (non-hydrogen) atoms. The van der Waals surface area contributed by atoms with E-state index in [1.165, 1.54) is 0 Å². The Hall–Kier alpha value is -1.62. The summed E-state index contributed by atoms with van der Waals surface area (Å²) in [7, 11) is 1.96. The van der Waals surface area contributed by atoms with Crippen LogP contribution in [0.25, 0.3) is 0 Å². The van der Waals surface area contributed by atoms with Gasteiger partial charge in [-0.05, 0) is 14.0 Å². The van der Waals surface area contributed by atoms with Crippen LogP contribution in [-0.2, 0) is 13.0 Å². The number of carboxylic acid groups (broad SMARTS) is 1. The number of anilines is 1. The van der Waals surface area contributed by atoms with E-state index in [9.17, 15) is 9.90 Å². The van der Waals surface area contributed by atoms with Crippen molar-refractivity contribution in [2.75, 3.05) is 19.3 Å². The Kier molecular flexibility index (Phi) is 2.55. The zero-order chi connectivity index (χ0) is 11.9. The number of pyridine rings is 1. The van der Waals surface area contributed by atoms with Crippen LogP contribution in [0.5, 0.6) is 0 Å². The molecule has 5 nitrogen and oxygen atoms in total. The number of carbonyl (C=O) groups is 1. The number of hydrogen-bond donors (Lipinski definition) is 2. The number of carboxylic acids is 1. The van der Waals surface area contributed by atoms with Crippen LogP contribution in [0.3, 0.4) is 0 Å². The van der Waals surface area contributed by atoms with E-state index in [2.05, 4.69) is 9.88 Å². The Bertz CT molecular complexity index is 457. The Morgan fingerprint density at radius 1 is 1.56 bits per heavy atom. The molecule has 3 N–H and O–H groups in total. The van der Waals surface area contributed by atoms with Gasteiger partial charge in [-0.2, -0.15) is 0 Å². The van der Waals surface area contributed by atoms with Crippen molar-refractivity contribution < 1.29 is 9.90 Å². The topological polar surface area (TPSA) is 79.4 Å². The normalized spacial score (nSPS) is 15.9. The van der Waals surface area contributed by atoms with Crippen molar-refractivity contribution in [2.24, 2.45) is 0 Å². The van der Waals surface area contributed by atoms with Gasteiger partial charge in [0.05, 0.1) is 16.9 Å². The first kappa shape index (κ1) is 10.9. The number of nitrogens with zero attached hydrogens (tertiary/aromatic N) is 2. The molecule has 0 fully saturated rings. The Morgan fingerprint density at radius 2 is 2.25 bits per heavy atom. The van der Waals surface area contributed by atoms with Crippen LogP contribution in [-0.4, -0.2) is 34.6 Å². The third kappa shape index (κ3) is 1.63. The number of nitrogen functional groups attached to an aromatic ring is 1. The number of aryl methyl sites for hydroxylation is 1. The molecule has 1 aliphatic heterocycles. The van der Waals surface area contributed by atoms with Crippen LogP contribution < -0.4 is 5.73 Å². The molecule has 0 radical (unpaired) electrons. The molecule has 0 atom stereocenters. The average molecular weight is 221 g/mol. The van der Waals surface area contributed by atoms with Gasteiger partial charge in [-0.1, -0.05) is 0 Å². The fourth-order valence-corrected chi connectivity index (χ4v) is 2.09. The highest BCUT2D eigenvalue weighted by Crippen LogP contribution is 2.26. The highest BCUT2D eigenvalue weighted by atomic mass is 16.4. The van der Waals surface area contributed by atoms with Crippen molar-refractivity contribution in [3.05, 3.63) is 22.5 Å². The first-order valence-corrected chi connectivity index (χ1v) is 5.20. The summed E-state index contributed by atoms with van der Waals surface area (Å²) in [6.45, 7) is 3.26. The molecule has 0 aromatic carbocycles. The molecule has 0 saturated carbocycles. The molecule has 0 aliphatic carbocycles. The molecule has 86 valence electrons. The van der Waals surface area contributed by atoms with Crippen LogP contribution >= 0.6 is 0 Å². The maximum absolute atomic E-state index is 11.2. The number of nitrogens with two attached hydrogens (primary N) is 1. The molecule has 2 rings (SSSR count). The van der Waals surface area contributed by atoms with Crippen molar-refractivity contribution in [1.29, 1.82) is 0 Å². The maximum Gasteiger partial charge on any atom is 0.338 e. The lowest BCUT2D eigenvalue weighted by atomic mass is 9.98. The van der Waals surface area contributed by atoms with E-state index in [1.54, 1.807) is 6.92 Å². The van der Waals surface area contributed by atoms with Crippen LogP contribution in [0.15, 0.2) is 0 Å². The molecule has 1 aromatic rings. The molecule has 0 bridgehead atoms. The predicted molar refractivity (Wildman–Crippen MR) is 60.4 cm³/mol. The molecule has 0 amide bonds. The summed E-state index contributed by atoms with van der Waals surface area (Å²) in [5.74, 6) is -0.963. The lowest BCUT2D eigenvalue weighted by molar-refractivity contribution is 0.0695. The zero-order valence-electron chi connectivity index (χ0n) is 9.45. The van der Waals surface area contributed by atoms with Crippen LogP contribution in [0.4, 0.5) is 5.69 Å². The van der Waals surface area contributed by atoms with Gasteiger partial charge in [-0.25, -0.2) is 4.79 Å². The molecular formula is C11H15N3O2. The standard InChI is InChI=1S/C11H15N3O2/c1-6-10(12)9(11(15)16)7-5-14(2)4-3-8(7)13-6/h3-5,12H2,1-2H3,(H,15,16). The first-order chi connectivity index (χ1) is 7.50. The minimum atomic E-state index is -0.963. The smallest absolute Gasteiger partial charge is 0.338 e. The first-order valence-electron chi connectivity index (χ1n) is 5.20. The number of aromatic nitrogens is 1. The number of likely N-dealkylation sites (N-methyl/N-ethyl adjacent to an activating group) is 1. The van der Waals surface area contributed by atoms with E-state index in [0.717, 1.165) is 24.2 Å². The minimum Gasteiger partial charge on any atom is -0.478 e. The second-order valence-electron chi connectivity index (χ2n) is 4.20. The molecule has 0 unspecified atom stereocenters. The van der Waals surface area contributed by atoms with E-state index in [4.69, 9.17) is 5.73 Å². The third-order valence-electron chi connectivity index (χ3n) is 2.98. The van der Waals surface area contributed by atoms with Gasteiger partial charge in [-0.3, -0.25) is 4.98 Å². The van der Waals surface area contributed by atoms with Crippen LogP contribution in [0, 0.1) is 6.92 Å². The summed E-state index contributed by atoms with van der Waals surface area (Å²) in [6, 6.07) is 0. The number of fused-ring (bicyclic) bond motifs is 1. The van der Waals surface area contributed by atoms with Crippen molar-refractivity contribution >= 4 is 11.7 Å². The fourth-order valence-electron chi connectivity index (χ4n) is 2.09. The molecule has 0 saturated heterocycles. The third-order valence-corrected chi connectivity index (χ3v) is 2.98. The van der Waals surface area contributed by atoms with Crippen LogP contribution in [0.2, 0.25) is 0 Å². The molecule has 0 spiro atoms. The maximum atomic E-state index is 11.2. The molecule has 1 aromatic heterocycles. The molecular weight excluding hydrogens is 206 g/mol. The summed E-state index contributed by atoms with van der Waals surface area (Å²) >= 11 is 0. The Labute approximate surface area is 93.9 Å². The summed E-state index contributed by atoms with van der Waals surface area (Å²) in [6.07, 6.45) is 0.785. The van der Waals surface area contributed by atoms with Crippen molar-refractivity contribution in [2.45, 2.75) is 19.9 Å². The quantitative estimate of drug-likeness (QED) is 0.728. The van der Waals surface area contributed by atoms with E-state index < -0.39 is 5.97 Å². The highest BCUT2D eigenvalue weighted by Gasteiger charge is 2.24. The Balaban J connectivity index is 2.65. The Morgan fingerprint density at radius 3 is 2.88 bits per heavy atom. The van der Waals surface area contributed by atoms with E-state index >= 15 is 0 Å². The predicted octanol–water partition coefficient (Wildman–Crippen LogP) is 0.658. The summed E-state index contributed by atoms with van der Waals surface area (Å²) in [4.78, 5) is 17.7. The highest BCUT2D eigenvalue weighted by molar-refractivity contribution is 5.96. The number of aromatic carboxylic acids is 1. The van der Waals surface area contributed by atoms with Crippen molar-refractivity contribution in [1.82, 2.24) is 9.88 Å². The average Bonchev–Trinajstić information content (AvgIpc) is 2.20. The largest absolute Gasteiger partial charge is 0.478 e. The fraction of sp³-hybridized carbons (Fsp3) is 0.455. The number of hydrogen-bond acceptors (Lipinski definition) is 4. The lowest BCUT2D eigenvalue weighted by Crippen LogP contribution is -2.30. The van der Waals surface area contributed by atoms with Gasteiger partial charge < -0.3 is 15.7 Å². The van der Waals surface area contributed by atoms with Gasteiger partial charge in [-0.15, -0.1) is 0 Å². The van der Waals surface area contributed by atoms with Crippen molar-refractivity contribution in [3.63, 3.8) is 0 Å². The van der Waals surface area contributed by atoms with Gasteiger partial charge in [0.25, 0.3) is 0 Å². The van der Waals surface area contributed by atoms with E-state index in [0.29, 0.717) is 17.9 Å². The minimum absolute atomic E-state index is 0.231. The monoisotopic (exact) mass is 221 g/mol. The lowest BCUT2D eigenvalue weighted by Gasteiger charge is -2.26. The van der Waals surface area contributed by atoms with E-state index in [1.807, 2.05) is 7.05 Å². The molecule has 2 heterocycles. The van der Waals surface area contributed by atoms with Gasteiger partial charge in [0.15, 0.2) is 0 Å². The summed E-state index contributed by atoms with van der Waals surface area (Å²) in [5, 5.41) is 9.21. The van der Waals surface area contributed by atoms with Gasteiger partial charge in [0.1, 0.15) is 0 Å². The molecule has 5 heteroatoms. The second-order valence-corrected chi connectivity index (χ2v) is 4.20. The zero-order valence-corrected chi connectivity index (χ0v) is 9.45. The van der Waals surface area contributed by atoms with Gasteiger partial charge in [0, 0.05) is 30.8 Å². The second kappa shape index (κ2) is 3.75. The van der Waals surface area contributed by atoms with E-state index in [-0.39, 0.29) is 5.56 Å².